The molecular formula is C35H40ClN7O5. The SMILES string of the molecule is COc1cc(C(=O)NC[C@H](c2cc3c(c(-c4ccnc(N5CCOCC5)c4Cl)n2)OC[C@]3(C)C(N)=O)C2CC2)cc(C=NC2CC2)c1N. The summed E-state index contributed by atoms with van der Waals surface area (Å²) in [6, 6.07) is 7.43. The van der Waals surface area contributed by atoms with Gasteiger partial charge in [0.25, 0.3) is 5.91 Å². The van der Waals surface area contributed by atoms with Gasteiger partial charge in [-0.1, -0.05) is 11.6 Å². The zero-order valence-corrected chi connectivity index (χ0v) is 27.9. The zero-order valence-electron chi connectivity index (χ0n) is 27.1. The van der Waals surface area contributed by atoms with Crippen molar-refractivity contribution in [1.29, 1.82) is 0 Å². The summed E-state index contributed by atoms with van der Waals surface area (Å²) in [5.74, 6) is 0.939. The molecule has 12 nitrogen and oxygen atoms in total. The highest BCUT2D eigenvalue weighted by molar-refractivity contribution is 6.35. The minimum atomic E-state index is -1.06. The first kappa shape index (κ1) is 32.1. The molecule has 2 saturated carbocycles. The average Bonchev–Trinajstić information content (AvgIpc) is 4.04. The van der Waals surface area contributed by atoms with E-state index in [4.69, 9.17) is 42.3 Å². The number of hydrogen-bond acceptors (Lipinski definition) is 10. The number of carbonyl (C=O) groups is 2. The number of primary amides is 1. The number of methoxy groups -OCH3 is 1. The highest BCUT2D eigenvalue weighted by Gasteiger charge is 2.45. The average molecular weight is 674 g/mol. The van der Waals surface area contributed by atoms with Gasteiger partial charge in [-0.15, -0.1) is 0 Å². The summed E-state index contributed by atoms with van der Waals surface area (Å²) in [6.45, 7) is 4.69. The monoisotopic (exact) mass is 673 g/mol. The fraction of sp³-hybridized carbons (Fsp3) is 0.457. The Hall–Kier alpha value is -4.42. The van der Waals surface area contributed by atoms with Crippen molar-refractivity contribution in [3.8, 4) is 22.8 Å². The smallest absolute Gasteiger partial charge is 0.251 e. The van der Waals surface area contributed by atoms with Crippen molar-refractivity contribution >= 4 is 41.1 Å². The number of aromatic nitrogens is 2. The largest absolute Gasteiger partial charge is 0.495 e. The number of hydrogen-bond donors (Lipinski definition) is 3. The Bertz CT molecular complexity index is 1790. The van der Waals surface area contributed by atoms with E-state index in [0.717, 1.165) is 31.4 Å². The van der Waals surface area contributed by atoms with Gasteiger partial charge in [0.15, 0.2) is 0 Å². The number of halogens is 1. The van der Waals surface area contributed by atoms with Gasteiger partial charge in [0.05, 0.1) is 37.1 Å². The first-order valence-corrected chi connectivity index (χ1v) is 16.8. The van der Waals surface area contributed by atoms with Gasteiger partial charge in [0, 0.05) is 65.9 Å². The Morgan fingerprint density at radius 1 is 1.23 bits per heavy atom. The lowest BCUT2D eigenvalue weighted by Crippen LogP contribution is -2.40. The van der Waals surface area contributed by atoms with E-state index < -0.39 is 11.3 Å². The van der Waals surface area contributed by atoms with Gasteiger partial charge >= 0.3 is 0 Å². The second kappa shape index (κ2) is 12.9. The molecule has 2 atom stereocenters. The van der Waals surface area contributed by atoms with Gasteiger partial charge in [-0.3, -0.25) is 14.6 Å². The van der Waals surface area contributed by atoms with Crippen molar-refractivity contribution in [2.24, 2.45) is 16.6 Å². The molecule has 0 spiro atoms. The van der Waals surface area contributed by atoms with Gasteiger partial charge in [0.2, 0.25) is 5.91 Å². The molecule has 2 amide bonds. The van der Waals surface area contributed by atoms with Crippen LogP contribution in [0.1, 0.15) is 65.7 Å². The Morgan fingerprint density at radius 3 is 2.69 bits per heavy atom. The number of rotatable bonds is 11. The van der Waals surface area contributed by atoms with Crippen LogP contribution in [0.5, 0.6) is 11.5 Å². The third-order valence-corrected chi connectivity index (χ3v) is 10.1. The summed E-state index contributed by atoms with van der Waals surface area (Å²) < 4.78 is 17.2. The van der Waals surface area contributed by atoms with E-state index in [2.05, 4.69) is 20.2 Å². The van der Waals surface area contributed by atoms with Crippen molar-refractivity contribution in [2.45, 2.75) is 50.0 Å². The summed E-state index contributed by atoms with van der Waals surface area (Å²) >= 11 is 7.06. The van der Waals surface area contributed by atoms with Crippen LogP contribution in [0.4, 0.5) is 11.5 Å². The maximum Gasteiger partial charge on any atom is 0.251 e. The number of anilines is 2. The lowest BCUT2D eigenvalue weighted by Gasteiger charge is -2.29. The summed E-state index contributed by atoms with van der Waals surface area (Å²) in [4.78, 5) is 42.8. The summed E-state index contributed by atoms with van der Waals surface area (Å²) in [6.07, 6.45) is 7.53. The van der Waals surface area contributed by atoms with E-state index in [9.17, 15) is 9.59 Å². The number of benzene rings is 1. The van der Waals surface area contributed by atoms with Gasteiger partial charge in [-0.2, -0.15) is 0 Å². The summed E-state index contributed by atoms with van der Waals surface area (Å²) in [5, 5.41) is 3.57. The quantitative estimate of drug-likeness (QED) is 0.202. The number of ether oxygens (including phenoxy) is 3. The third kappa shape index (κ3) is 6.14. The van der Waals surface area contributed by atoms with Crippen molar-refractivity contribution in [3.63, 3.8) is 0 Å². The van der Waals surface area contributed by atoms with E-state index in [0.29, 0.717) is 101 Å². The normalized spacial score (nSPS) is 21.1. The van der Waals surface area contributed by atoms with E-state index in [1.807, 2.05) is 12.1 Å². The van der Waals surface area contributed by atoms with Crippen molar-refractivity contribution in [3.05, 3.63) is 57.9 Å². The second-order valence-corrected chi connectivity index (χ2v) is 13.6. The molecule has 2 aliphatic carbocycles. The maximum absolute atomic E-state index is 13.6. The molecule has 3 fully saturated rings. The van der Waals surface area contributed by atoms with Crippen LogP contribution in [0, 0.1) is 5.92 Å². The van der Waals surface area contributed by atoms with Crippen LogP contribution in [-0.2, 0) is 14.9 Å². The lowest BCUT2D eigenvalue weighted by molar-refractivity contribution is -0.123. The predicted molar refractivity (Wildman–Crippen MR) is 183 cm³/mol. The maximum atomic E-state index is 13.6. The lowest BCUT2D eigenvalue weighted by atomic mass is 9.82. The molecule has 0 radical (unpaired) electrons. The van der Waals surface area contributed by atoms with Crippen LogP contribution >= 0.6 is 11.6 Å². The summed E-state index contributed by atoms with van der Waals surface area (Å²) in [5.41, 5.74) is 15.3. The van der Waals surface area contributed by atoms with Gasteiger partial charge in [0.1, 0.15) is 35.0 Å². The van der Waals surface area contributed by atoms with E-state index in [1.165, 1.54) is 7.11 Å². The minimum absolute atomic E-state index is 0.0883. The Kier molecular flexibility index (Phi) is 8.63. The van der Waals surface area contributed by atoms with Gasteiger partial charge < -0.3 is 35.9 Å². The van der Waals surface area contributed by atoms with Crippen LogP contribution in [0.3, 0.4) is 0 Å². The molecule has 1 saturated heterocycles. The first-order chi connectivity index (χ1) is 23.2. The number of aliphatic imine (C=N–C) groups is 1. The topological polar surface area (TPSA) is 167 Å². The molecule has 252 valence electrons. The van der Waals surface area contributed by atoms with Crippen molar-refractivity contribution in [2.75, 3.05) is 57.2 Å². The molecule has 0 unspecified atom stereocenters. The Balaban J connectivity index is 1.23. The fourth-order valence-electron chi connectivity index (χ4n) is 6.37. The standard InChI is InChI=1S/C35H40ClN7O5/c1-35(34(38)45)18-48-31-25(35)15-26(42-30(31)23-7-8-39-32(28(23)36)43-9-11-47-12-10-43)24(19-3-4-19)17-41-33(44)20-13-21(16-40-22-5-6-22)29(37)27(14-20)46-2/h7-8,13-16,19,22,24H,3-6,9-12,17-18,37H2,1-2H3,(H2,38,45)(H,41,44)/t24-,35-/m0/s1. The van der Waals surface area contributed by atoms with E-state index >= 15 is 0 Å². The number of pyridine rings is 2. The second-order valence-electron chi connectivity index (χ2n) is 13.2. The van der Waals surface area contributed by atoms with Crippen LogP contribution in [0.15, 0.2) is 35.5 Å². The molecule has 7 rings (SSSR count). The highest BCUT2D eigenvalue weighted by atomic mass is 35.5. The molecule has 48 heavy (non-hydrogen) atoms. The van der Waals surface area contributed by atoms with Gasteiger partial charge in [-0.25, -0.2) is 9.97 Å². The fourth-order valence-corrected chi connectivity index (χ4v) is 6.69. The Labute approximate surface area is 284 Å². The number of nitrogens with two attached hydrogens (primary N) is 2. The molecule has 0 bridgehead atoms. The van der Waals surface area contributed by atoms with Crippen molar-refractivity contribution in [1.82, 2.24) is 15.3 Å². The van der Waals surface area contributed by atoms with Gasteiger partial charge in [-0.05, 0) is 62.8 Å². The molecule has 13 heteroatoms. The van der Waals surface area contributed by atoms with Crippen LogP contribution < -0.4 is 31.2 Å². The first-order valence-electron chi connectivity index (χ1n) is 16.4. The molecule has 4 aliphatic rings. The predicted octanol–water partition coefficient (Wildman–Crippen LogP) is 3.86. The van der Waals surface area contributed by atoms with E-state index in [1.54, 1.807) is 31.5 Å². The highest BCUT2D eigenvalue weighted by Crippen LogP contribution is 2.49. The molecule has 3 aromatic rings. The van der Waals surface area contributed by atoms with Crippen LogP contribution in [0.25, 0.3) is 11.3 Å². The molecule has 1 aromatic carbocycles. The molecular weight excluding hydrogens is 634 g/mol. The van der Waals surface area contributed by atoms with E-state index in [-0.39, 0.29) is 18.4 Å². The van der Waals surface area contributed by atoms with Crippen molar-refractivity contribution < 1.29 is 23.8 Å². The number of nitrogens with zero attached hydrogens (tertiary/aromatic N) is 4. The minimum Gasteiger partial charge on any atom is -0.495 e. The molecule has 2 aromatic heterocycles. The number of carbonyl (C=O) groups excluding carboxylic acids is 2. The number of fused-ring (bicyclic) bond motifs is 1. The number of morpholine rings is 1. The number of amides is 2. The third-order valence-electron chi connectivity index (χ3n) is 9.75. The zero-order chi connectivity index (χ0) is 33.6. The van der Waals surface area contributed by atoms with Crippen LogP contribution in [0.2, 0.25) is 5.02 Å². The molecule has 2 aliphatic heterocycles. The number of nitrogen functional groups attached to an aromatic ring is 1. The molecule has 5 N–H and O–H groups in total. The summed E-state index contributed by atoms with van der Waals surface area (Å²) in [7, 11) is 1.53. The van der Waals surface area contributed by atoms with Crippen LogP contribution in [-0.4, -0.2) is 80.6 Å². The number of nitrogens with one attached hydrogen (secondary N) is 1. The Morgan fingerprint density at radius 2 is 2.00 bits per heavy atom. The molecule has 4 heterocycles.